The van der Waals surface area contributed by atoms with Crippen LogP contribution in [0, 0.1) is 0 Å². The maximum atomic E-state index is 6.02. The monoisotopic (exact) mass is 406 g/mol. The number of nitrogens with zero attached hydrogens (tertiary/aromatic N) is 4. The molecular weight excluding hydrogens is 372 g/mol. The first-order valence-corrected chi connectivity index (χ1v) is 10.8. The number of benzene rings is 2. The fourth-order valence-electron chi connectivity index (χ4n) is 2.83. The molecule has 0 spiro atoms. The molecule has 2 rings (SSSR count). The average molecular weight is 407 g/mol. The summed E-state index contributed by atoms with van der Waals surface area (Å²) in [6.45, 7) is 4.28. The van der Waals surface area contributed by atoms with Gasteiger partial charge in [0.05, 0.1) is 11.4 Å². The molecule has 6 nitrogen and oxygen atoms in total. The third-order valence-corrected chi connectivity index (χ3v) is 4.65. The van der Waals surface area contributed by atoms with Crippen molar-refractivity contribution >= 4 is 23.5 Å². The number of hydrogen-bond acceptors (Lipinski definition) is 6. The van der Waals surface area contributed by atoms with Crippen molar-refractivity contribution < 1.29 is 0 Å². The lowest BCUT2D eigenvalue weighted by molar-refractivity contribution is 0.577. The van der Waals surface area contributed by atoms with Crippen molar-refractivity contribution in [3.05, 3.63) is 59.7 Å². The van der Waals surface area contributed by atoms with E-state index in [4.69, 9.17) is 11.5 Å². The molecule has 4 N–H and O–H groups in total. The molecule has 30 heavy (non-hydrogen) atoms. The van der Waals surface area contributed by atoms with Gasteiger partial charge in [-0.1, -0.05) is 88.1 Å². The van der Waals surface area contributed by atoms with Gasteiger partial charge in [-0.3, -0.25) is 0 Å². The molecule has 2 unspecified atom stereocenters. The molecule has 0 saturated carbocycles. The molecule has 6 heteroatoms. The van der Waals surface area contributed by atoms with Gasteiger partial charge >= 0.3 is 0 Å². The molecule has 160 valence electrons. The van der Waals surface area contributed by atoms with Crippen LogP contribution in [0.5, 0.6) is 0 Å². The minimum Gasteiger partial charge on any atom is -0.308 e. The Hall–Kier alpha value is -2.70. The minimum atomic E-state index is -0.264. The SMILES string of the molecule is CCCCC(N)N=Nc1ccccc1/C=C/c1ccccc1N=NC(N)CCCC. The van der Waals surface area contributed by atoms with E-state index in [0.717, 1.165) is 61.0 Å². The van der Waals surface area contributed by atoms with Crippen molar-refractivity contribution in [2.75, 3.05) is 0 Å². The second kappa shape index (κ2) is 13.5. The largest absolute Gasteiger partial charge is 0.308 e. The summed E-state index contributed by atoms with van der Waals surface area (Å²) in [7, 11) is 0. The highest BCUT2D eigenvalue weighted by Gasteiger charge is 2.03. The number of azo groups is 2. The van der Waals surface area contributed by atoms with Crippen LogP contribution >= 0.6 is 0 Å². The van der Waals surface area contributed by atoms with Crippen LogP contribution in [0.4, 0.5) is 11.4 Å². The van der Waals surface area contributed by atoms with E-state index in [9.17, 15) is 0 Å². The van der Waals surface area contributed by atoms with E-state index >= 15 is 0 Å². The smallest absolute Gasteiger partial charge is 0.118 e. The Morgan fingerprint density at radius 3 is 1.50 bits per heavy atom. The zero-order valence-corrected chi connectivity index (χ0v) is 18.1. The van der Waals surface area contributed by atoms with E-state index < -0.39 is 0 Å². The van der Waals surface area contributed by atoms with Gasteiger partial charge in [-0.2, -0.15) is 20.5 Å². The first kappa shape index (κ1) is 23.6. The van der Waals surface area contributed by atoms with E-state index in [0.29, 0.717) is 0 Å². The van der Waals surface area contributed by atoms with Gasteiger partial charge in [0.15, 0.2) is 0 Å². The third kappa shape index (κ3) is 8.35. The lowest BCUT2D eigenvalue weighted by atomic mass is 10.1. The Bertz CT molecular complexity index is 774. The second-order valence-electron chi connectivity index (χ2n) is 7.30. The first-order valence-electron chi connectivity index (χ1n) is 10.8. The molecule has 0 aliphatic carbocycles. The van der Waals surface area contributed by atoms with E-state index in [1.807, 2.05) is 60.7 Å². The summed E-state index contributed by atoms with van der Waals surface area (Å²) in [5.41, 5.74) is 15.6. The predicted octanol–water partition coefficient (Wildman–Crippen LogP) is 6.97. The Balaban J connectivity index is 2.15. The van der Waals surface area contributed by atoms with Crippen LogP contribution in [0.3, 0.4) is 0 Å². The highest BCUT2D eigenvalue weighted by Crippen LogP contribution is 2.25. The van der Waals surface area contributed by atoms with Crippen molar-refractivity contribution in [2.24, 2.45) is 31.9 Å². The van der Waals surface area contributed by atoms with Crippen molar-refractivity contribution in [1.29, 1.82) is 0 Å². The standard InChI is InChI=1S/C24H34N6/c1-3-5-15-23(25)29-27-21-13-9-7-11-19(21)17-18-20-12-8-10-14-22(20)28-30-24(26)16-6-4-2/h7-14,17-18,23-24H,3-6,15-16,25-26H2,1-2H3/b18-17+,29-27?,30-28?. The summed E-state index contributed by atoms with van der Waals surface area (Å²) in [5, 5.41) is 17.3. The maximum Gasteiger partial charge on any atom is 0.118 e. The van der Waals surface area contributed by atoms with Crippen LogP contribution in [0.2, 0.25) is 0 Å². The van der Waals surface area contributed by atoms with E-state index in [1.54, 1.807) is 0 Å². The summed E-state index contributed by atoms with van der Waals surface area (Å²) in [5.74, 6) is 0. The number of nitrogens with two attached hydrogens (primary N) is 2. The van der Waals surface area contributed by atoms with E-state index in [2.05, 4.69) is 34.3 Å². The average Bonchev–Trinajstić information content (AvgIpc) is 2.78. The Morgan fingerprint density at radius 1 is 0.700 bits per heavy atom. The predicted molar refractivity (Wildman–Crippen MR) is 126 cm³/mol. The van der Waals surface area contributed by atoms with Crippen LogP contribution < -0.4 is 11.5 Å². The van der Waals surface area contributed by atoms with Gasteiger partial charge in [0.25, 0.3) is 0 Å². The van der Waals surface area contributed by atoms with Crippen molar-refractivity contribution in [1.82, 2.24) is 0 Å². The van der Waals surface area contributed by atoms with Gasteiger partial charge < -0.3 is 11.5 Å². The normalized spacial score (nSPS) is 14.1. The lowest BCUT2D eigenvalue weighted by Gasteiger charge is -2.05. The highest BCUT2D eigenvalue weighted by atomic mass is 15.2. The molecule has 0 heterocycles. The molecule has 2 aromatic rings. The van der Waals surface area contributed by atoms with Crippen LogP contribution in [-0.2, 0) is 0 Å². The van der Waals surface area contributed by atoms with Gasteiger partial charge in [-0.25, -0.2) is 0 Å². The zero-order valence-electron chi connectivity index (χ0n) is 18.1. The quantitative estimate of drug-likeness (QED) is 0.293. The maximum absolute atomic E-state index is 6.02. The molecule has 0 aromatic heterocycles. The van der Waals surface area contributed by atoms with Gasteiger partial charge in [-0.15, -0.1) is 0 Å². The van der Waals surface area contributed by atoms with Crippen LogP contribution in [0.25, 0.3) is 12.2 Å². The van der Waals surface area contributed by atoms with E-state index in [-0.39, 0.29) is 12.3 Å². The van der Waals surface area contributed by atoms with Crippen molar-refractivity contribution in [3.8, 4) is 0 Å². The van der Waals surface area contributed by atoms with Crippen molar-refractivity contribution in [3.63, 3.8) is 0 Å². The Kier molecular flexibility index (Phi) is 10.6. The van der Waals surface area contributed by atoms with Crippen LogP contribution in [-0.4, -0.2) is 12.3 Å². The minimum absolute atomic E-state index is 0.264. The summed E-state index contributed by atoms with van der Waals surface area (Å²) in [6.07, 6.45) is 9.48. The molecule has 0 amide bonds. The van der Waals surface area contributed by atoms with Crippen molar-refractivity contribution in [2.45, 2.75) is 64.7 Å². The van der Waals surface area contributed by atoms with Gasteiger partial charge in [0.1, 0.15) is 12.3 Å². The van der Waals surface area contributed by atoms with Gasteiger partial charge in [0.2, 0.25) is 0 Å². The summed E-state index contributed by atoms with van der Waals surface area (Å²) in [6, 6.07) is 15.7. The van der Waals surface area contributed by atoms with Gasteiger partial charge in [-0.05, 0) is 25.0 Å². The lowest BCUT2D eigenvalue weighted by Crippen LogP contribution is -2.15. The number of hydrogen-bond donors (Lipinski definition) is 2. The third-order valence-electron chi connectivity index (χ3n) is 4.65. The molecule has 2 aromatic carbocycles. The van der Waals surface area contributed by atoms with E-state index in [1.165, 1.54) is 0 Å². The zero-order chi connectivity index (χ0) is 21.6. The fraction of sp³-hybridized carbons (Fsp3) is 0.417. The molecule has 2 atom stereocenters. The molecule has 0 fully saturated rings. The number of unbranched alkanes of at least 4 members (excludes halogenated alkanes) is 2. The topological polar surface area (TPSA) is 101 Å². The van der Waals surface area contributed by atoms with Crippen LogP contribution in [0.15, 0.2) is 69.0 Å². The van der Waals surface area contributed by atoms with Crippen LogP contribution in [0.1, 0.15) is 63.5 Å². The van der Waals surface area contributed by atoms with Gasteiger partial charge in [0, 0.05) is 11.1 Å². The Morgan fingerprint density at radius 2 is 1.10 bits per heavy atom. The molecule has 0 bridgehead atoms. The molecule has 0 radical (unpaired) electrons. The molecule has 0 aliphatic heterocycles. The summed E-state index contributed by atoms with van der Waals surface area (Å²) < 4.78 is 0. The first-order chi connectivity index (χ1) is 14.6. The molecular formula is C24H34N6. The molecule has 0 aliphatic rings. The summed E-state index contributed by atoms with van der Waals surface area (Å²) in [4.78, 5) is 0. The second-order valence-corrected chi connectivity index (χ2v) is 7.30. The number of rotatable bonds is 12. The summed E-state index contributed by atoms with van der Waals surface area (Å²) >= 11 is 0. The fourth-order valence-corrected chi connectivity index (χ4v) is 2.83. The Labute approximate surface area is 180 Å². The molecule has 0 saturated heterocycles. The highest BCUT2D eigenvalue weighted by molar-refractivity contribution is 5.78.